The fraction of sp³-hybridized carbons (Fsp3) is 0.556. The summed E-state index contributed by atoms with van der Waals surface area (Å²) in [6.07, 6.45) is 2.03. The number of benzene rings is 1. The van der Waals surface area contributed by atoms with Gasteiger partial charge in [0.1, 0.15) is 0 Å². The fourth-order valence-electron chi connectivity index (χ4n) is 3.70. The molecule has 2 aliphatic heterocycles. The predicted octanol–water partition coefficient (Wildman–Crippen LogP) is 0.650. The molecule has 2 fully saturated rings. The zero-order valence-corrected chi connectivity index (χ0v) is 14.1. The Hall–Kier alpha value is -1.92. The van der Waals surface area contributed by atoms with Gasteiger partial charge in [-0.3, -0.25) is 9.59 Å². The highest BCUT2D eigenvalue weighted by Crippen LogP contribution is 2.23. The minimum absolute atomic E-state index is 0.128. The van der Waals surface area contributed by atoms with Crippen molar-refractivity contribution in [1.29, 1.82) is 0 Å². The van der Waals surface area contributed by atoms with Gasteiger partial charge in [0.25, 0.3) is 0 Å². The molecule has 1 aromatic rings. The van der Waals surface area contributed by atoms with E-state index in [1.807, 2.05) is 17.0 Å². The quantitative estimate of drug-likeness (QED) is 0.879. The largest absolute Gasteiger partial charge is 0.374 e. The summed E-state index contributed by atoms with van der Waals surface area (Å²) in [4.78, 5) is 28.5. The number of hydrogen-bond acceptors (Lipinski definition) is 4. The van der Waals surface area contributed by atoms with E-state index >= 15 is 0 Å². The smallest absolute Gasteiger partial charge is 0.248 e. The normalized spacial score (nSPS) is 24.5. The number of amides is 2. The van der Waals surface area contributed by atoms with Crippen LogP contribution >= 0.6 is 0 Å². The van der Waals surface area contributed by atoms with Crippen molar-refractivity contribution in [2.45, 2.75) is 31.4 Å². The lowest BCUT2D eigenvalue weighted by Gasteiger charge is -2.46. The summed E-state index contributed by atoms with van der Waals surface area (Å²) in [6, 6.07) is 7.37. The highest BCUT2D eigenvalue weighted by atomic mass is 16.5. The first-order valence-corrected chi connectivity index (χ1v) is 8.53. The number of aryl methyl sites for hydroxylation is 1. The number of carbonyl (C=O) groups is 2. The molecule has 24 heavy (non-hydrogen) atoms. The van der Waals surface area contributed by atoms with Crippen LogP contribution in [-0.2, 0) is 16.0 Å². The van der Waals surface area contributed by atoms with Crippen LogP contribution in [0.15, 0.2) is 24.3 Å². The van der Waals surface area contributed by atoms with Gasteiger partial charge >= 0.3 is 0 Å². The lowest BCUT2D eigenvalue weighted by molar-refractivity contribution is -0.151. The van der Waals surface area contributed by atoms with Crippen molar-refractivity contribution in [3.05, 3.63) is 35.4 Å². The lowest BCUT2D eigenvalue weighted by atomic mass is 9.97. The predicted molar refractivity (Wildman–Crippen MR) is 90.6 cm³/mol. The van der Waals surface area contributed by atoms with Crippen LogP contribution in [0.4, 0.5) is 0 Å². The first-order valence-electron chi connectivity index (χ1n) is 8.53. The van der Waals surface area contributed by atoms with Crippen molar-refractivity contribution in [3.63, 3.8) is 0 Å². The number of ether oxygens (including phenoxy) is 1. The van der Waals surface area contributed by atoms with E-state index in [0.29, 0.717) is 31.6 Å². The highest BCUT2D eigenvalue weighted by Gasteiger charge is 2.38. The molecule has 3 rings (SSSR count). The average molecular weight is 331 g/mol. The van der Waals surface area contributed by atoms with Crippen molar-refractivity contribution >= 4 is 11.8 Å². The van der Waals surface area contributed by atoms with Crippen LogP contribution in [0.2, 0.25) is 0 Å². The molecule has 1 aromatic carbocycles. The molecule has 6 nitrogen and oxygen atoms in total. The van der Waals surface area contributed by atoms with Crippen molar-refractivity contribution in [3.8, 4) is 0 Å². The van der Waals surface area contributed by atoms with E-state index in [1.54, 1.807) is 12.1 Å². The van der Waals surface area contributed by atoms with E-state index in [2.05, 4.69) is 11.9 Å². The van der Waals surface area contributed by atoms with Crippen LogP contribution in [0, 0.1) is 0 Å². The molecule has 130 valence electrons. The van der Waals surface area contributed by atoms with Gasteiger partial charge in [0, 0.05) is 31.6 Å². The van der Waals surface area contributed by atoms with Gasteiger partial charge in [-0.1, -0.05) is 18.2 Å². The monoisotopic (exact) mass is 331 g/mol. The van der Waals surface area contributed by atoms with Crippen LogP contribution in [-0.4, -0.2) is 67.0 Å². The van der Waals surface area contributed by atoms with Crippen LogP contribution in [0.3, 0.4) is 0 Å². The number of rotatable bonds is 4. The second kappa shape index (κ2) is 7.32. The third-order valence-corrected chi connectivity index (χ3v) is 5.00. The van der Waals surface area contributed by atoms with Crippen molar-refractivity contribution < 1.29 is 14.3 Å². The summed E-state index contributed by atoms with van der Waals surface area (Å²) in [5, 5.41) is 0. The first kappa shape index (κ1) is 16.9. The van der Waals surface area contributed by atoms with Crippen LogP contribution in [0.5, 0.6) is 0 Å². The third kappa shape index (κ3) is 3.60. The summed E-state index contributed by atoms with van der Waals surface area (Å²) in [5.41, 5.74) is 6.75. The molecule has 0 bridgehead atoms. The number of hydrogen-bond donors (Lipinski definition) is 1. The molecular formula is C18H25N3O3. The molecule has 2 aliphatic rings. The average Bonchev–Trinajstić information content (AvgIpc) is 2.59. The molecule has 0 unspecified atom stereocenters. The van der Waals surface area contributed by atoms with E-state index < -0.39 is 5.91 Å². The number of likely N-dealkylation sites (tertiary alicyclic amines) is 1. The number of carbonyl (C=O) groups excluding carboxylic acids is 2. The number of nitrogens with zero attached hydrogens (tertiary/aromatic N) is 2. The summed E-state index contributed by atoms with van der Waals surface area (Å²) >= 11 is 0. The van der Waals surface area contributed by atoms with Gasteiger partial charge in [0.15, 0.2) is 0 Å². The fourth-order valence-corrected chi connectivity index (χ4v) is 3.70. The minimum atomic E-state index is -0.446. The van der Waals surface area contributed by atoms with Gasteiger partial charge in [-0.25, -0.2) is 0 Å². The minimum Gasteiger partial charge on any atom is -0.374 e. The van der Waals surface area contributed by atoms with E-state index in [0.717, 1.165) is 25.1 Å². The Morgan fingerprint density at radius 2 is 2.08 bits per heavy atom. The zero-order valence-electron chi connectivity index (χ0n) is 14.1. The number of fused-ring (bicyclic) bond motifs is 1. The molecule has 2 heterocycles. The summed E-state index contributed by atoms with van der Waals surface area (Å²) < 4.78 is 5.84. The molecule has 0 spiro atoms. The van der Waals surface area contributed by atoms with Gasteiger partial charge < -0.3 is 20.3 Å². The van der Waals surface area contributed by atoms with Crippen molar-refractivity contribution in [1.82, 2.24) is 9.80 Å². The standard InChI is InChI=1S/C18H25N3O3/c1-20-9-8-16-15(12-20)21(10-11-24-16)17(22)7-6-13-4-2-3-5-14(13)18(19)23/h2-5,15-16H,6-12H2,1H3,(H2,19,23)/t15-,16+/m1/s1. The summed E-state index contributed by atoms with van der Waals surface area (Å²) in [7, 11) is 2.08. The van der Waals surface area contributed by atoms with Gasteiger partial charge in [-0.2, -0.15) is 0 Å². The number of piperidine rings is 1. The summed E-state index contributed by atoms with van der Waals surface area (Å²) in [5.74, 6) is -0.318. The van der Waals surface area contributed by atoms with E-state index in [-0.39, 0.29) is 18.1 Å². The maximum atomic E-state index is 12.7. The Bertz CT molecular complexity index is 619. The van der Waals surface area contributed by atoms with Gasteiger partial charge in [0.05, 0.1) is 18.8 Å². The Morgan fingerprint density at radius 3 is 2.88 bits per heavy atom. The molecule has 2 N–H and O–H groups in total. The topological polar surface area (TPSA) is 75.9 Å². The van der Waals surface area contributed by atoms with Gasteiger partial charge in [-0.15, -0.1) is 0 Å². The Labute approximate surface area is 142 Å². The van der Waals surface area contributed by atoms with Crippen LogP contribution in [0.1, 0.15) is 28.8 Å². The van der Waals surface area contributed by atoms with Crippen LogP contribution in [0.25, 0.3) is 0 Å². The molecule has 2 atom stereocenters. The van der Waals surface area contributed by atoms with Crippen molar-refractivity contribution in [2.75, 3.05) is 33.3 Å². The summed E-state index contributed by atoms with van der Waals surface area (Å²) in [6.45, 7) is 3.11. The first-order chi connectivity index (χ1) is 11.6. The maximum absolute atomic E-state index is 12.7. The number of likely N-dealkylation sites (N-methyl/N-ethyl adjacent to an activating group) is 1. The third-order valence-electron chi connectivity index (χ3n) is 5.00. The maximum Gasteiger partial charge on any atom is 0.248 e. The molecule has 0 saturated carbocycles. The van der Waals surface area contributed by atoms with Crippen molar-refractivity contribution in [2.24, 2.45) is 5.73 Å². The van der Waals surface area contributed by atoms with E-state index in [9.17, 15) is 9.59 Å². The number of morpholine rings is 1. The van der Waals surface area contributed by atoms with Gasteiger partial charge in [-0.05, 0) is 31.5 Å². The molecule has 2 saturated heterocycles. The van der Waals surface area contributed by atoms with Crippen LogP contribution < -0.4 is 5.73 Å². The second-order valence-corrected chi connectivity index (χ2v) is 6.64. The highest BCUT2D eigenvalue weighted by molar-refractivity contribution is 5.94. The van der Waals surface area contributed by atoms with Gasteiger partial charge in [0.2, 0.25) is 11.8 Å². The Kier molecular flexibility index (Phi) is 5.16. The SMILES string of the molecule is CN1CC[C@@H]2OCCN(C(=O)CCc3ccccc3C(N)=O)[C@@H]2C1. The Morgan fingerprint density at radius 1 is 1.29 bits per heavy atom. The molecule has 0 radical (unpaired) electrons. The molecule has 2 amide bonds. The van der Waals surface area contributed by atoms with E-state index in [1.165, 1.54) is 0 Å². The number of nitrogens with two attached hydrogens (primary N) is 1. The Balaban J connectivity index is 1.65. The second-order valence-electron chi connectivity index (χ2n) is 6.64. The zero-order chi connectivity index (χ0) is 17.1. The molecule has 0 aromatic heterocycles. The number of primary amides is 1. The molecule has 6 heteroatoms. The molecular weight excluding hydrogens is 306 g/mol. The molecule has 0 aliphatic carbocycles. The lowest BCUT2D eigenvalue weighted by Crippen LogP contribution is -2.60. The van der Waals surface area contributed by atoms with E-state index in [4.69, 9.17) is 10.5 Å².